The van der Waals surface area contributed by atoms with E-state index in [9.17, 15) is 9.59 Å². The van der Waals surface area contributed by atoms with Gasteiger partial charge in [-0.05, 0) is 70.7 Å². The number of aliphatic hydroxyl groups excluding tert-OH is 1. The lowest BCUT2D eigenvalue weighted by Crippen LogP contribution is -2.37. The third-order valence-electron chi connectivity index (χ3n) is 4.10. The third kappa shape index (κ3) is 4.70. The van der Waals surface area contributed by atoms with Gasteiger partial charge in [-0.25, -0.2) is 4.79 Å². The topological polar surface area (TPSA) is 99.1 Å². The van der Waals surface area contributed by atoms with Crippen molar-refractivity contribution in [2.24, 2.45) is 0 Å². The molecule has 0 unspecified atom stereocenters. The highest BCUT2D eigenvalue weighted by Crippen LogP contribution is 2.36. The molecule has 0 atom stereocenters. The molecule has 3 N–H and O–H groups in total. The van der Waals surface area contributed by atoms with Crippen LogP contribution in [-0.2, 0) is 9.53 Å². The second-order valence-electron chi connectivity index (χ2n) is 7.12. The van der Waals surface area contributed by atoms with Gasteiger partial charge in [0.05, 0.1) is 5.69 Å². The lowest BCUT2D eigenvalue weighted by Gasteiger charge is -2.27. The highest BCUT2D eigenvalue weighted by molar-refractivity contribution is 5.98. The minimum atomic E-state index is -2.08. The van der Waals surface area contributed by atoms with Crippen LogP contribution in [0, 0.1) is 27.7 Å². The fourth-order valence-corrected chi connectivity index (χ4v) is 2.67. The van der Waals surface area contributed by atoms with Gasteiger partial charge in [0.25, 0.3) is 5.91 Å². The molecule has 0 saturated carbocycles. The van der Waals surface area contributed by atoms with E-state index in [1.54, 1.807) is 20.8 Å². The van der Waals surface area contributed by atoms with Crippen LogP contribution in [-0.4, -0.2) is 41.2 Å². The molecule has 2 amide bonds. The fraction of sp³-hybridized carbons (Fsp3) is 0.556. The van der Waals surface area contributed by atoms with Crippen LogP contribution in [0.4, 0.5) is 16.2 Å². The predicted octanol–water partition coefficient (Wildman–Crippen LogP) is 2.54. The Bertz CT molecular complexity index is 661. The highest BCUT2D eigenvalue weighted by atomic mass is 16.6. The Morgan fingerprint density at radius 3 is 1.80 bits per heavy atom. The van der Waals surface area contributed by atoms with Crippen molar-refractivity contribution in [2.75, 3.05) is 17.3 Å². The van der Waals surface area contributed by atoms with Crippen LogP contribution in [0.5, 0.6) is 0 Å². The number of amides is 2. The van der Waals surface area contributed by atoms with Crippen LogP contribution >= 0.6 is 0 Å². The van der Waals surface area contributed by atoms with Gasteiger partial charge in [0.2, 0.25) is 6.29 Å². The molecule has 1 rings (SSSR count). The number of carbonyl (C=O) groups is 2. The van der Waals surface area contributed by atoms with E-state index in [0.29, 0.717) is 11.4 Å². The summed E-state index contributed by atoms with van der Waals surface area (Å²) in [5.41, 5.74) is 3.66. The Morgan fingerprint density at radius 2 is 1.44 bits per heavy atom. The summed E-state index contributed by atoms with van der Waals surface area (Å²) in [7, 11) is 1.48. The van der Waals surface area contributed by atoms with Crippen molar-refractivity contribution in [3.8, 4) is 0 Å². The summed E-state index contributed by atoms with van der Waals surface area (Å²) in [6.45, 7) is 12.6. The third-order valence-corrected chi connectivity index (χ3v) is 4.10. The number of anilines is 2. The number of likely N-dealkylation sites (N-methyl/N-ethyl adjacent to an activating group) is 1. The molecule has 0 aliphatic heterocycles. The molecular formula is C18H28N2O5. The molecule has 0 aromatic heterocycles. The van der Waals surface area contributed by atoms with Gasteiger partial charge in [-0.15, -0.1) is 0 Å². The molecule has 7 heteroatoms. The molecular weight excluding hydrogens is 324 g/mol. The number of nitrogens with zero attached hydrogens (tertiary/aromatic N) is 1. The van der Waals surface area contributed by atoms with Crippen molar-refractivity contribution in [1.82, 2.24) is 0 Å². The average molecular weight is 352 g/mol. The second-order valence-corrected chi connectivity index (χ2v) is 7.12. The first-order valence-electron chi connectivity index (χ1n) is 8.02. The predicted molar refractivity (Wildman–Crippen MR) is 96.9 cm³/mol. The van der Waals surface area contributed by atoms with E-state index in [1.165, 1.54) is 11.9 Å². The van der Waals surface area contributed by atoms with E-state index in [1.807, 2.05) is 27.7 Å². The normalized spacial score (nSPS) is 11.5. The first kappa shape index (κ1) is 20.9. The maximum Gasteiger partial charge on any atom is 0.412 e. The summed E-state index contributed by atoms with van der Waals surface area (Å²) in [5.74, 6) is -0.821. The molecule has 0 bridgehead atoms. The summed E-state index contributed by atoms with van der Waals surface area (Å²) in [5, 5.41) is 21.1. The van der Waals surface area contributed by atoms with E-state index in [-0.39, 0.29) is 0 Å². The number of carbonyl (C=O) groups excluding carboxylic acids is 2. The Kier molecular flexibility index (Phi) is 6.20. The van der Waals surface area contributed by atoms with Crippen LogP contribution in [0.3, 0.4) is 0 Å². The van der Waals surface area contributed by atoms with Crippen LogP contribution < -0.4 is 10.2 Å². The Labute approximate surface area is 148 Å². The molecule has 0 saturated heterocycles. The van der Waals surface area contributed by atoms with E-state index >= 15 is 0 Å². The summed E-state index contributed by atoms with van der Waals surface area (Å²) in [4.78, 5) is 25.2. The second kappa shape index (κ2) is 7.41. The van der Waals surface area contributed by atoms with E-state index < -0.39 is 23.9 Å². The Balaban J connectivity index is 3.35. The first-order valence-corrected chi connectivity index (χ1v) is 8.02. The van der Waals surface area contributed by atoms with Crippen LogP contribution in [0.25, 0.3) is 0 Å². The van der Waals surface area contributed by atoms with E-state index in [4.69, 9.17) is 14.9 Å². The zero-order valence-electron chi connectivity index (χ0n) is 16.1. The first-order chi connectivity index (χ1) is 11.3. The Hall–Kier alpha value is -2.12. The molecule has 0 radical (unpaired) electrons. The Morgan fingerprint density at radius 1 is 1.00 bits per heavy atom. The number of hydrogen-bond acceptors (Lipinski definition) is 5. The number of aliphatic hydroxyl groups is 2. The van der Waals surface area contributed by atoms with Gasteiger partial charge < -0.3 is 19.8 Å². The molecule has 140 valence electrons. The van der Waals surface area contributed by atoms with Crippen molar-refractivity contribution in [2.45, 2.75) is 60.4 Å². The maximum absolute atomic E-state index is 12.1. The summed E-state index contributed by atoms with van der Waals surface area (Å²) in [6, 6.07) is 0. The van der Waals surface area contributed by atoms with E-state index in [0.717, 1.165) is 22.3 Å². The molecule has 0 heterocycles. The van der Waals surface area contributed by atoms with Crippen LogP contribution in [0.1, 0.15) is 43.0 Å². The van der Waals surface area contributed by atoms with E-state index in [2.05, 4.69) is 5.32 Å². The number of nitrogens with one attached hydrogen (secondary N) is 1. The number of rotatable bonds is 3. The monoisotopic (exact) mass is 352 g/mol. The van der Waals surface area contributed by atoms with Gasteiger partial charge in [-0.2, -0.15) is 0 Å². The van der Waals surface area contributed by atoms with Gasteiger partial charge in [0.1, 0.15) is 5.60 Å². The molecule has 1 aromatic carbocycles. The molecule has 7 nitrogen and oxygen atoms in total. The van der Waals surface area contributed by atoms with Crippen molar-refractivity contribution in [3.05, 3.63) is 22.3 Å². The summed E-state index contributed by atoms with van der Waals surface area (Å²) >= 11 is 0. The van der Waals surface area contributed by atoms with Gasteiger partial charge in [-0.1, -0.05) is 0 Å². The minimum Gasteiger partial charge on any atom is -0.444 e. The standard InChI is InChI=1S/C18H28N2O5/c1-9-11(3)14(20(8)15(21)16(22)23)12(4)10(2)13(9)19-17(24)25-18(5,6)7/h16,22-23H,1-8H3,(H,19,24). The number of ether oxygens (including phenoxy) is 1. The average Bonchev–Trinajstić information content (AvgIpc) is 2.47. The molecule has 0 fully saturated rings. The minimum absolute atomic E-state index is 0.555. The maximum atomic E-state index is 12.1. The fourth-order valence-electron chi connectivity index (χ4n) is 2.67. The molecule has 0 aliphatic rings. The summed E-state index contributed by atoms with van der Waals surface area (Å²) in [6.07, 6.45) is -2.63. The quantitative estimate of drug-likeness (QED) is 0.726. The van der Waals surface area contributed by atoms with Crippen molar-refractivity contribution in [1.29, 1.82) is 0 Å². The largest absolute Gasteiger partial charge is 0.444 e. The van der Waals surface area contributed by atoms with Gasteiger partial charge in [0, 0.05) is 12.7 Å². The van der Waals surface area contributed by atoms with Crippen molar-refractivity contribution in [3.63, 3.8) is 0 Å². The van der Waals surface area contributed by atoms with Gasteiger partial charge in [-0.3, -0.25) is 10.1 Å². The summed E-state index contributed by atoms with van der Waals surface area (Å²) < 4.78 is 5.30. The SMILES string of the molecule is Cc1c(C)c(N(C)C(=O)C(O)O)c(C)c(C)c1NC(=O)OC(C)(C)C. The smallest absolute Gasteiger partial charge is 0.412 e. The van der Waals surface area contributed by atoms with Crippen molar-refractivity contribution < 1.29 is 24.5 Å². The highest BCUT2D eigenvalue weighted by Gasteiger charge is 2.25. The molecule has 1 aromatic rings. The van der Waals surface area contributed by atoms with Gasteiger partial charge >= 0.3 is 6.09 Å². The van der Waals surface area contributed by atoms with Gasteiger partial charge in [0.15, 0.2) is 0 Å². The number of benzene rings is 1. The zero-order valence-corrected chi connectivity index (χ0v) is 16.1. The zero-order chi connectivity index (χ0) is 19.7. The molecule has 0 spiro atoms. The molecule has 25 heavy (non-hydrogen) atoms. The molecule has 0 aliphatic carbocycles. The van der Waals surface area contributed by atoms with Crippen molar-refractivity contribution >= 4 is 23.4 Å². The lowest BCUT2D eigenvalue weighted by molar-refractivity contribution is -0.144. The lowest BCUT2D eigenvalue weighted by atomic mass is 9.95. The number of hydrogen-bond donors (Lipinski definition) is 3. The van der Waals surface area contributed by atoms with Crippen LogP contribution in [0.2, 0.25) is 0 Å². The van der Waals surface area contributed by atoms with Crippen LogP contribution in [0.15, 0.2) is 0 Å².